The van der Waals surface area contributed by atoms with Gasteiger partial charge in [0.15, 0.2) is 6.29 Å². The highest BCUT2D eigenvalue weighted by molar-refractivity contribution is 4.83. The van der Waals surface area contributed by atoms with Crippen molar-refractivity contribution in [2.24, 2.45) is 0 Å². The second-order valence-electron chi connectivity index (χ2n) is 3.95. The average Bonchev–Trinajstić information content (AvgIpc) is 2.20. The zero-order valence-electron chi connectivity index (χ0n) is 9.17. The Kier molecular flexibility index (Phi) is 4.95. The minimum atomic E-state index is -1.08. The Labute approximate surface area is 89.6 Å². The lowest BCUT2D eigenvalue weighted by Gasteiger charge is -2.37. The first kappa shape index (κ1) is 12.9. The van der Waals surface area contributed by atoms with Crippen molar-refractivity contribution >= 4 is 0 Å². The van der Waals surface area contributed by atoms with E-state index < -0.39 is 30.7 Å². The summed E-state index contributed by atoms with van der Waals surface area (Å²) in [5, 5.41) is 28.4. The third-order valence-corrected chi connectivity index (χ3v) is 2.50. The summed E-state index contributed by atoms with van der Waals surface area (Å²) in [6.45, 7) is 3.60. The van der Waals surface area contributed by atoms with E-state index in [0.29, 0.717) is 0 Å². The lowest BCUT2D eigenvalue weighted by Crippen LogP contribution is -2.52. The van der Waals surface area contributed by atoms with E-state index in [9.17, 15) is 15.3 Å². The molecule has 15 heavy (non-hydrogen) atoms. The van der Waals surface area contributed by atoms with Crippen LogP contribution in [0, 0.1) is 0 Å². The van der Waals surface area contributed by atoms with Crippen LogP contribution in [0.2, 0.25) is 0 Å². The summed E-state index contributed by atoms with van der Waals surface area (Å²) in [7, 11) is 0. The maximum atomic E-state index is 9.62. The maximum absolute atomic E-state index is 9.62. The van der Waals surface area contributed by atoms with Gasteiger partial charge in [0.1, 0.15) is 18.3 Å². The first-order valence-corrected chi connectivity index (χ1v) is 5.37. The van der Waals surface area contributed by atoms with E-state index in [1.54, 1.807) is 0 Å². The molecule has 5 atom stereocenters. The van der Waals surface area contributed by atoms with Crippen LogP contribution in [0.4, 0.5) is 0 Å². The lowest BCUT2D eigenvalue weighted by atomic mass is 10.0. The molecule has 3 N–H and O–H groups in total. The van der Waals surface area contributed by atoms with Crippen molar-refractivity contribution in [3.8, 4) is 0 Å². The molecule has 1 aliphatic heterocycles. The summed E-state index contributed by atoms with van der Waals surface area (Å²) >= 11 is 0. The summed E-state index contributed by atoms with van der Waals surface area (Å²) in [6, 6.07) is 0. The topological polar surface area (TPSA) is 79.2 Å². The van der Waals surface area contributed by atoms with E-state index in [4.69, 9.17) is 9.47 Å². The van der Waals surface area contributed by atoms with Gasteiger partial charge in [-0.15, -0.1) is 0 Å². The zero-order chi connectivity index (χ0) is 11.4. The van der Waals surface area contributed by atoms with Crippen molar-refractivity contribution in [2.45, 2.75) is 57.4 Å². The molecule has 0 bridgehead atoms. The summed E-state index contributed by atoms with van der Waals surface area (Å²) in [5.41, 5.74) is 0. The van der Waals surface area contributed by atoms with Gasteiger partial charge in [-0.05, 0) is 13.3 Å². The van der Waals surface area contributed by atoms with E-state index in [0.717, 1.165) is 12.8 Å². The molecule has 0 spiro atoms. The van der Waals surface area contributed by atoms with Crippen molar-refractivity contribution < 1.29 is 24.8 Å². The van der Waals surface area contributed by atoms with E-state index in [-0.39, 0.29) is 6.61 Å². The van der Waals surface area contributed by atoms with Crippen molar-refractivity contribution in [3.05, 3.63) is 0 Å². The molecule has 1 aliphatic rings. The monoisotopic (exact) mass is 220 g/mol. The van der Waals surface area contributed by atoms with E-state index >= 15 is 0 Å². The average molecular weight is 220 g/mol. The Balaban J connectivity index is 2.53. The molecule has 1 saturated heterocycles. The van der Waals surface area contributed by atoms with Crippen LogP contribution in [0.15, 0.2) is 0 Å². The standard InChI is InChI=1S/C10H20O5/c1-3-4-8-14-5-7(12)10(15-8)9(13)6(2)11/h6-13H,3-5H2,1-2H3/t6-,7+,8?,9+,10-/m0/s1. The number of aliphatic hydroxyl groups is 3. The quantitative estimate of drug-likeness (QED) is 0.602. The van der Waals surface area contributed by atoms with Gasteiger partial charge in [0.05, 0.1) is 12.7 Å². The number of rotatable bonds is 4. The van der Waals surface area contributed by atoms with Crippen molar-refractivity contribution in [2.75, 3.05) is 6.61 Å². The SMILES string of the molecule is CCCC1OC[C@@H](O)[C@@H]([C@H](O)[C@H](C)O)O1. The molecule has 0 aromatic heterocycles. The fraction of sp³-hybridized carbons (Fsp3) is 1.00. The number of hydrogen-bond donors (Lipinski definition) is 3. The van der Waals surface area contributed by atoms with Gasteiger partial charge in [0.2, 0.25) is 0 Å². The van der Waals surface area contributed by atoms with Crippen molar-refractivity contribution in [1.29, 1.82) is 0 Å². The third-order valence-electron chi connectivity index (χ3n) is 2.50. The molecule has 5 nitrogen and oxygen atoms in total. The molecule has 1 fully saturated rings. The van der Waals surface area contributed by atoms with Gasteiger partial charge in [0.25, 0.3) is 0 Å². The number of aliphatic hydroxyl groups excluding tert-OH is 3. The van der Waals surface area contributed by atoms with Crippen LogP contribution < -0.4 is 0 Å². The molecule has 0 aliphatic carbocycles. The maximum Gasteiger partial charge on any atom is 0.158 e. The van der Waals surface area contributed by atoms with Gasteiger partial charge >= 0.3 is 0 Å². The summed E-state index contributed by atoms with van der Waals surface area (Å²) in [5.74, 6) is 0. The first-order valence-electron chi connectivity index (χ1n) is 5.37. The minimum absolute atomic E-state index is 0.138. The fourth-order valence-electron chi connectivity index (χ4n) is 1.58. The van der Waals surface area contributed by atoms with Crippen molar-refractivity contribution in [1.82, 2.24) is 0 Å². The van der Waals surface area contributed by atoms with Gasteiger partial charge in [-0.25, -0.2) is 0 Å². The largest absolute Gasteiger partial charge is 0.391 e. The second kappa shape index (κ2) is 5.77. The van der Waals surface area contributed by atoms with Gasteiger partial charge < -0.3 is 24.8 Å². The van der Waals surface area contributed by atoms with Crippen LogP contribution in [0.3, 0.4) is 0 Å². The molecular weight excluding hydrogens is 200 g/mol. The molecule has 0 aromatic carbocycles. The molecule has 0 radical (unpaired) electrons. The lowest BCUT2D eigenvalue weighted by molar-refractivity contribution is -0.279. The minimum Gasteiger partial charge on any atom is -0.391 e. The van der Waals surface area contributed by atoms with E-state index in [1.807, 2.05) is 6.92 Å². The number of hydrogen-bond acceptors (Lipinski definition) is 5. The third kappa shape index (κ3) is 3.39. The zero-order valence-corrected chi connectivity index (χ0v) is 9.17. The predicted molar refractivity (Wildman–Crippen MR) is 53.2 cm³/mol. The molecule has 1 heterocycles. The van der Waals surface area contributed by atoms with Gasteiger partial charge in [0, 0.05) is 0 Å². The van der Waals surface area contributed by atoms with Crippen LogP contribution in [0.25, 0.3) is 0 Å². The Morgan fingerprint density at radius 2 is 2.07 bits per heavy atom. The van der Waals surface area contributed by atoms with Gasteiger partial charge in [-0.2, -0.15) is 0 Å². The van der Waals surface area contributed by atoms with Crippen LogP contribution in [-0.4, -0.2) is 52.6 Å². The Morgan fingerprint density at radius 1 is 1.40 bits per heavy atom. The van der Waals surface area contributed by atoms with Gasteiger partial charge in [-0.1, -0.05) is 13.3 Å². The van der Waals surface area contributed by atoms with Crippen LogP contribution >= 0.6 is 0 Å². The summed E-state index contributed by atoms with van der Waals surface area (Å²) in [4.78, 5) is 0. The predicted octanol–water partition coefficient (Wildman–Crippen LogP) is -0.369. The van der Waals surface area contributed by atoms with Crippen LogP contribution in [0.1, 0.15) is 26.7 Å². The Morgan fingerprint density at radius 3 is 2.60 bits per heavy atom. The van der Waals surface area contributed by atoms with E-state index in [1.165, 1.54) is 6.92 Å². The van der Waals surface area contributed by atoms with Crippen LogP contribution in [-0.2, 0) is 9.47 Å². The normalized spacial score (nSPS) is 36.2. The van der Waals surface area contributed by atoms with Crippen molar-refractivity contribution in [3.63, 3.8) is 0 Å². The molecule has 1 rings (SSSR count). The summed E-state index contributed by atoms with van der Waals surface area (Å²) < 4.78 is 10.6. The Bertz CT molecular complexity index is 185. The second-order valence-corrected chi connectivity index (χ2v) is 3.95. The molecule has 0 aromatic rings. The van der Waals surface area contributed by atoms with Gasteiger partial charge in [-0.3, -0.25) is 0 Å². The number of ether oxygens (including phenoxy) is 2. The highest BCUT2D eigenvalue weighted by Gasteiger charge is 2.37. The molecule has 0 amide bonds. The van der Waals surface area contributed by atoms with Crippen LogP contribution in [0.5, 0.6) is 0 Å². The molecular formula is C10H20O5. The first-order chi connectivity index (χ1) is 7.06. The van der Waals surface area contributed by atoms with E-state index in [2.05, 4.69) is 0 Å². The summed E-state index contributed by atoms with van der Waals surface area (Å²) in [6.07, 6.45) is -2.43. The molecule has 90 valence electrons. The molecule has 5 heteroatoms. The molecule has 1 unspecified atom stereocenters. The Hall–Kier alpha value is -0.200. The highest BCUT2D eigenvalue weighted by atomic mass is 16.7. The fourth-order valence-corrected chi connectivity index (χ4v) is 1.58. The highest BCUT2D eigenvalue weighted by Crippen LogP contribution is 2.20. The smallest absolute Gasteiger partial charge is 0.158 e. The molecule has 0 saturated carbocycles.